The van der Waals surface area contributed by atoms with E-state index in [0.29, 0.717) is 0 Å². The molecular weight excluding hydrogens is 112 g/mol. The molecule has 0 atom stereocenters. The molecule has 0 saturated carbocycles. The van der Waals surface area contributed by atoms with Crippen LogP contribution < -0.4 is 0 Å². The Hall–Kier alpha value is -0.920. The van der Waals surface area contributed by atoms with Gasteiger partial charge in [-0.15, -0.1) is 0 Å². The lowest BCUT2D eigenvalue weighted by Crippen LogP contribution is -1.79. The summed E-state index contributed by atoms with van der Waals surface area (Å²) in [5, 5.41) is 0. The van der Waals surface area contributed by atoms with Crippen molar-refractivity contribution in [2.75, 3.05) is 7.05 Å². The van der Waals surface area contributed by atoms with E-state index in [9.17, 15) is 0 Å². The second-order valence-electron chi connectivity index (χ2n) is 1.63. The Labute approximate surface area is 56.0 Å². The molecule has 0 aliphatic rings. The van der Waals surface area contributed by atoms with Gasteiger partial charge in [-0.1, -0.05) is 6.92 Å². The molecule has 0 saturated heterocycles. The zero-order chi connectivity index (χ0) is 7.11. The standard InChI is InChI=1S/C7H12N2/c1-4-7(5-8-2)6-9-3/h5-6H,2,4H2,1,3H3/b7-5-,9-6?. The Morgan fingerprint density at radius 1 is 1.67 bits per heavy atom. The summed E-state index contributed by atoms with van der Waals surface area (Å²) in [6.45, 7) is 5.40. The van der Waals surface area contributed by atoms with Gasteiger partial charge in [0.2, 0.25) is 0 Å². The highest BCUT2D eigenvalue weighted by atomic mass is 14.7. The van der Waals surface area contributed by atoms with Gasteiger partial charge in [0.15, 0.2) is 0 Å². The van der Waals surface area contributed by atoms with Crippen LogP contribution in [0.2, 0.25) is 0 Å². The molecule has 0 aromatic carbocycles. The molecule has 0 N–H and O–H groups in total. The lowest BCUT2D eigenvalue weighted by molar-refractivity contribution is 1.16. The fourth-order valence-electron chi connectivity index (χ4n) is 0.499. The molecule has 0 unspecified atom stereocenters. The van der Waals surface area contributed by atoms with E-state index in [0.717, 1.165) is 12.0 Å². The van der Waals surface area contributed by atoms with E-state index in [2.05, 4.69) is 23.6 Å². The summed E-state index contributed by atoms with van der Waals surface area (Å²) in [5.74, 6) is 0. The smallest absolute Gasteiger partial charge is 0.0307 e. The monoisotopic (exact) mass is 124 g/mol. The van der Waals surface area contributed by atoms with Crippen molar-refractivity contribution in [3.63, 3.8) is 0 Å². The zero-order valence-electron chi connectivity index (χ0n) is 5.96. The van der Waals surface area contributed by atoms with Crippen LogP contribution in [-0.4, -0.2) is 20.0 Å². The predicted octanol–water partition coefficient (Wildman–Crippen LogP) is 1.68. The van der Waals surface area contributed by atoms with E-state index in [1.54, 1.807) is 19.5 Å². The number of hydrogen-bond acceptors (Lipinski definition) is 2. The third kappa shape index (κ3) is 3.64. The average Bonchev–Trinajstić information content (AvgIpc) is 1.88. The number of rotatable bonds is 3. The summed E-state index contributed by atoms with van der Waals surface area (Å²) in [6.07, 6.45) is 4.46. The zero-order valence-corrected chi connectivity index (χ0v) is 5.96. The third-order valence-corrected chi connectivity index (χ3v) is 0.960. The van der Waals surface area contributed by atoms with Gasteiger partial charge in [0.05, 0.1) is 0 Å². The van der Waals surface area contributed by atoms with Gasteiger partial charge in [0.25, 0.3) is 0 Å². The Morgan fingerprint density at radius 3 is 2.67 bits per heavy atom. The van der Waals surface area contributed by atoms with Crippen molar-refractivity contribution in [1.82, 2.24) is 0 Å². The second-order valence-corrected chi connectivity index (χ2v) is 1.63. The number of allylic oxidation sites excluding steroid dienone is 1. The molecule has 0 aliphatic carbocycles. The highest BCUT2D eigenvalue weighted by Crippen LogP contribution is 1.95. The molecule has 0 aliphatic heterocycles. The molecule has 0 aromatic heterocycles. The maximum absolute atomic E-state index is 3.84. The Bertz CT molecular complexity index is 134. The first kappa shape index (κ1) is 8.08. The van der Waals surface area contributed by atoms with Crippen molar-refractivity contribution in [2.24, 2.45) is 9.98 Å². The van der Waals surface area contributed by atoms with E-state index in [1.165, 1.54) is 0 Å². The molecule has 2 nitrogen and oxygen atoms in total. The molecular formula is C7H12N2. The Balaban J connectivity index is 3.96. The molecule has 0 rings (SSSR count). The lowest BCUT2D eigenvalue weighted by Gasteiger charge is -1.89. The quantitative estimate of drug-likeness (QED) is 0.511. The van der Waals surface area contributed by atoms with Crippen LogP contribution in [0.25, 0.3) is 0 Å². The molecule has 50 valence electrons. The average molecular weight is 124 g/mol. The van der Waals surface area contributed by atoms with E-state index in [4.69, 9.17) is 0 Å². The summed E-state index contributed by atoms with van der Waals surface area (Å²) in [7, 11) is 1.74. The minimum atomic E-state index is 0.955. The van der Waals surface area contributed by atoms with Gasteiger partial charge in [-0.2, -0.15) is 0 Å². The van der Waals surface area contributed by atoms with E-state index in [1.807, 2.05) is 0 Å². The van der Waals surface area contributed by atoms with Crippen LogP contribution in [0.1, 0.15) is 13.3 Å². The maximum atomic E-state index is 3.84. The Kier molecular flexibility index (Phi) is 4.69. The number of aliphatic imine (C=N–C) groups is 2. The Morgan fingerprint density at radius 2 is 2.33 bits per heavy atom. The van der Waals surface area contributed by atoms with E-state index in [-0.39, 0.29) is 0 Å². The normalized spacial score (nSPS) is 12.4. The van der Waals surface area contributed by atoms with Crippen molar-refractivity contribution in [3.8, 4) is 0 Å². The molecule has 0 amide bonds. The molecule has 9 heavy (non-hydrogen) atoms. The molecule has 0 aromatic rings. The van der Waals surface area contributed by atoms with Gasteiger partial charge in [-0.3, -0.25) is 9.98 Å². The van der Waals surface area contributed by atoms with Crippen LogP contribution in [-0.2, 0) is 0 Å². The van der Waals surface area contributed by atoms with Gasteiger partial charge in [0.1, 0.15) is 0 Å². The topological polar surface area (TPSA) is 24.7 Å². The van der Waals surface area contributed by atoms with Crippen molar-refractivity contribution in [1.29, 1.82) is 0 Å². The fourth-order valence-corrected chi connectivity index (χ4v) is 0.499. The van der Waals surface area contributed by atoms with Crippen LogP contribution in [0.4, 0.5) is 0 Å². The summed E-state index contributed by atoms with van der Waals surface area (Å²) in [4.78, 5) is 7.47. The van der Waals surface area contributed by atoms with Gasteiger partial charge in [0, 0.05) is 19.5 Å². The summed E-state index contributed by atoms with van der Waals surface area (Å²) >= 11 is 0. The molecule has 0 fully saturated rings. The van der Waals surface area contributed by atoms with Crippen LogP contribution in [0.3, 0.4) is 0 Å². The van der Waals surface area contributed by atoms with E-state index < -0.39 is 0 Å². The largest absolute Gasteiger partial charge is 0.296 e. The van der Waals surface area contributed by atoms with Gasteiger partial charge < -0.3 is 0 Å². The predicted molar refractivity (Wildman–Crippen MR) is 42.3 cm³/mol. The van der Waals surface area contributed by atoms with Crippen molar-refractivity contribution in [3.05, 3.63) is 11.8 Å². The van der Waals surface area contributed by atoms with Gasteiger partial charge >= 0.3 is 0 Å². The van der Waals surface area contributed by atoms with Gasteiger partial charge in [-0.25, -0.2) is 0 Å². The molecule has 0 heterocycles. The number of nitrogens with zero attached hydrogens (tertiary/aromatic N) is 2. The first-order valence-electron chi connectivity index (χ1n) is 2.92. The first-order valence-corrected chi connectivity index (χ1v) is 2.92. The minimum Gasteiger partial charge on any atom is -0.296 e. The van der Waals surface area contributed by atoms with Crippen molar-refractivity contribution in [2.45, 2.75) is 13.3 Å². The third-order valence-electron chi connectivity index (χ3n) is 0.960. The molecule has 0 radical (unpaired) electrons. The SMILES string of the molecule is C=N/C=C(\C=NC)CC. The summed E-state index contributed by atoms with van der Waals surface area (Å²) in [5.41, 5.74) is 1.10. The number of hydrogen-bond donors (Lipinski definition) is 0. The summed E-state index contributed by atoms with van der Waals surface area (Å²) < 4.78 is 0. The first-order chi connectivity index (χ1) is 4.35. The van der Waals surface area contributed by atoms with Gasteiger partial charge in [-0.05, 0) is 18.7 Å². The minimum absolute atomic E-state index is 0.955. The van der Waals surface area contributed by atoms with Crippen molar-refractivity contribution < 1.29 is 0 Å². The van der Waals surface area contributed by atoms with Crippen molar-refractivity contribution >= 4 is 12.9 Å². The second kappa shape index (κ2) is 5.22. The maximum Gasteiger partial charge on any atom is 0.0307 e. The van der Waals surface area contributed by atoms with E-state index >= 15 is 0 Å². The van der Waals surface area contributed by atoms with Crippen LogP contribution in [0, 0.1) is 0 Å². The fraction of sp³-hybridized carbons (Fsp3) is 0.429. The summed E-state index contributed by atoms with van der Waals surface area (Å²) in [6, 6.07) is 0. The lowest BCUT2D eigenvalue weighted by atomic mass is 10.2. The molecule has 2 heteroatoms. The highest BCUT2D eigenvalue weighted by molar-refractivity contribution is 5.78. The highest BCUT2D eigenvalue weighted by Gasteiger charge is 1.83. The molecule has 0 spiro atoms. The molecule has 0 bridgehead atoms. The van der Waals surface area contributed by atoms with Crippen LogP contribution >= 0.6 is 0 Å². The van der Waals surface area contributed by atoms with Crippen LogP contribution in [0.15, 0.2) is 21.8 Å². The van der Waals surface area contributed by atoms with Crippen LogP contribution in [0.5, 0.6) is 0 Å².